The molecule has 0 saturated heterocycles. The number of nitro benzene ring substituents is 1. The number of hydrogen-bond donors (Lipinski definition) is 0. The van der Waals surface area contributed by atoms with E-state index in [0.29, 0.717) is 0 Å². The topological polar surface area (TPSA) is 46.4 Å². The Balaban J connectivity index is 2.05. The predicted octanol–water partition coefficient (Wildman–Crippen LogP) is 3.78. The third kappa shape index (κ3) is 4.54. The fraction of sp³-hybridized carbons (Fsp3) is 0.176. The van der Waals surface area contributed by atoms with Gasteiger partial charge in [-0.05, 0) is 11.1 Å². The summed E-state index contributed by atoms with van der Waals surface area (Å²) in [6.07, 6.45) is 1.87. The molecule has 4 nitrogen and oxygen atoms in total. The highest BCUT2D eigenvalue weighted by Gasteiger charge is 2.08. The standard InChI is InChI=1S/C17H18N2O2/c1-2-12-18(13-15-6-4-3-5-7-15)14-16-8-10-17(11-9-16)19(20)21/h2-11H,1,12-14H2. The molecule has 0 atom stereocenters. The van der Waals surface area contributed by atoms with Crippen molar-refractivity contribution >= 4 is 5.69 Å². The second kappa shape index (κ2) is 7.36. The summed E-state index contributed by atoms with van der Waals surface area (Å²) in [6, 6.07) is 16.9. The Kier molecular flexibility index (Phi) is 5.23. The first-order valence-electron chi connectivity index (χ1n) is 6.79. The van der Waals surface area contributed by atoms with Crippen molar-refractivity contribution in [2.75, 3.05) is 6.54 Å². The maximum Gasteiger partial charge on any atom is 0.269 e. The Morgan fingerprint density at radius 2 is 1.57 bits per heavy atom. The number of nitro groups is 1. The fourth-order valence-corrected chi connectivity index (χ4v) is 2.19. The summed E-state index contributed by atoms with van der Waals surface area (Å²) in [4.78, 5) is 12.5. The molecule has 0 aliphatic heterocycles. The van der Waals surface area contributed by atoms with E-state index in [0.717, 1.165) is 25.2 Å². The van der Waals surface area contributed by atoms with Gasteiger partial charge < -0.3 is 0 Å². The van der Waals surface area contributed by atoms with E-state index in [1.807, 2.05) is 24.3 Å². The maximum absolute atomic E-state index is 10.7. The molecule has 0 saturated carbocycles. The van der Waals surface area contributed by atoms with Crippen molar-refractivity contribution in [3.8, 4) is 0 Å². The monoisotopic (exact) mass is 282 g/mol. The third-order valence-electron chi connectivity index (χ3n) is 3.19. The van der Waals surface area contributed by atoms with Gasteiger partial charge in [0.25, 0.3) is 5.69 Å². The average molecular weight is 282 g/mol. The van der Waals surface area contributed by atoms with Gasteiger partial charge in [-0.2, -0.15) is 0 Å². The van der Waals surface area contributed by atoms with Crippen LogP contribution >= 0.6 is 0 Å². The van der Waals surface area contributed by atoms with Crippen LogP contribution in [0, 0.1) is 10.1 Å². The van der Waals surface area contributed by atoms with Crippen molar-refractivity contribution in [1.29, 1.82) is 0 Å². The maximum atomic E-state index is 10.7. The lowest BCUT2D eigenvalue weighted by Gasteiger charge is -2.20. The van der Waals surface area contributed by atoms with Crippen LogP contribution in [0.25, 0.3) is 0 Å². The van der Waals surface area contributed by atoms with Crippen molar-refractivity contribution in [3.63, 3.8) is 0 Å². The number of non-ortho nitro benzene ring substituents is 1. The quantitative estimate of drug-likeness (QED) is 0.441. The van der Waals surface area contributed by atoms with E-state index in [4.69, 9.17) is 0 Å². The second-order valence-corrected chi connectivity index (χ2v) is 4.87. The lowest BCUT2D eigenvalue weighted by Crippen LogP contribution is -2.22. The smallest absolute Gasteiger partial charge is 0.269 e. The third-order valence-corrected chi connectivity index (χ3v) is 3.19. The van der Waals surface area contributed by atoms with Gasteiger partial charge in [0.1, 0.15) is 0 Å². The molecule has 0 bridgehead atoms. The molecular formula is C17H18N2O2. The Hall–Kier alpha value is -2.46. The summed E-state index contributed by atoms with van der Waals surface area (Å²) >= 11 is 0. The minimum Gasteiger partial charge on any atom is -0.291 e. The zero-order chi connectivity index (χ0) is 15.1. The molecule has 2 rings (SSSR count). The van der Waals surface area contributed by atoms with Gasteiger partial charge in [-0.1, -0.05) is 48.5 Å². The molecule has 0 unspecified atom stereocenters. The van der Waals surface area contributed by atoms with Crippen molar-refractivity contribution < 1.29 is 4.92 Å². The molecule has 108 valence electrons. The van der Waals surface area contributed by atoms with Crippen LogP contribution in [0.4, 0.5) is 5.69 Å². The highest BCUT2D eigenvalue weighted by molar-refractivity contribution is 5.32. The molecule has 0 amide bonds. The van der Waals surface area contributed by atoms with E-state index < -0.39 is 0 Å². The van der Waals surface area contributed by atoms with E-state index in [2.05, 4.69) is 23.6 Å². The highest BCUT2D eigenvalue weighted by Crippen LogP contribution is 2.15. The van der Waals surface area contributed by atoms with Crippen LogP contribution in [0.3, 0.4) is 0 Å². The van der Waals surface area contributed by atoms with Crippen LogP contribution in [-0.2, 0) is 13.1 Å². The molecule has 21 heavy (non-hydrogen) atoms. The Morgan fingerprint density at radius 3 is 2.10 bits per heavy atom. The summed E-state index contributed by atoms with van der Waals surface area (Å²) in [5, 5.41) is 10.7. The average Bonchev–Trinajstić information content (AvgIpc) is 2.49. The molecule has 0 heterocycles. The lowest BCUT2D eigenvalue weighted by atomic mass is 10.1. The van der Waals surface area contributed by atoms with Gasteiger partial charge in [0.2, 0.25) is 0 Å². The molecule has 0 spiro atoms. The van der Waals surface area contributed by atoms with E-state index in [1.54, 1.807) is 24.3 Å². The number of hydrogen-bond acceptors (Lipinski definition) is 3. The van der Waals surface area contributed by atoms with E-state index in [-0.39, 0.29) is 10.6 Å². The van der Waals surface area contributed by atoms with Crippen LogP contribution in [0.2, 0.25) is 0 Å². The summed E-state index contributed by atoms with van der Waals surface area (Å²) in [7, 11) is 0. The molecule has 2 aromatic rings. The molecule has 0 aliphatic carbocycles. The number of rotatable bonds is 7. The van der Waals surface area contributed by atoms with E-state index in [9.17, 15) is 10.1 Å². The van der Waals surface area contributed by atoms with Crippen LogP contribution in [0.15, 0.2) is 67.3 Å². The summed E-state index contributed by atoms with van der Waals surface area (Å²) in [5.41, 5.74) is 2.41. The molecule has 4 heteroatoms. The lowest BCUT2D eigenvalue weighted by molar-refractivity contribution is -0.384. The molecule has 0 aliphatic rings. The van der Waals surface area contributed by atoms with Crippen molar-refractivity contribution in [3.05, 3.63) is 88.5 Å². The zero-order valence-corrected chi connectivity index (χ0v) is 11.8. The number of benzene rings is 2. The Labute approximate surface area is 124 Å². The van der Waals surface area contributed by atoms with Gasteiger partial charge in [-0.3, -0.25) is 15.0 Å². The van der Waals surface area contributed by atoms with Gasteiger partial charge in [0.05, 0.1) is 4.92 Å². The zero-order valence-electron chi connectivity index (χ0n) is 11.8. The first kappa shape index (κ1) is 14.9. The molecule has 0 radical (unpaired) electrons. The summed E-state index contributed by atoms with van der Waals surface area (Å²) in [6.45, 7) is 6.12. The minimum absolute atomic E-state index is 0.122. The van der Waals surface area contributed by atoms with Crippen LogP contribution < -0.4 is 0 Å². The van der Waals surface area contributed by atoms with Gasteiger partial charge in [0, 0.05) is 31.8 Å². The van der Waals surface area contributed by atoms with Crippen molar-refractivity contribution in [1.82, 2.24) is 4.90 Å². The first-order valence-corrected chi connectivity index (χ1v) is 6.79. The molecule has 2 aromatic carbocycles. The van der Waals surface area contributed by atoms with E-state index >= 15 is 0 Å². The predicted molar refractivity (Wildman–Crippen MR) is 83.8 cm³/mol. The van der Waals surface area contributed by atoms with Crippen molar-refractivity contribution in [2.24, 2.45) is 0 Å². The molecule has 0 aromatic heterocycles. The molecule has 0 fully saturated rings. The molecule has 0 N–H and O–H groups in total. The summed E-state index contributed by atoms with van der Waals surface area (Å²) < 4.78 is 0. The van der Waals surface area contributed by atoms with Crippen LogP contribution in [-0.4, -0.2) is 16.4 Å². The largest absolute Gasteiger partial charge is 0.291 e. The number of nitrogens with zero attached hydrogens (tertiary/aromatic N) is 2. The second-order valence-electron chi connectivity index (χ2n) is 4.87. The van der Waals surface area contributed by atoms with Crippen molar-refractivity contribution in [2.45, 2.75) is 13.1 Å². The van der Waals surface area contributed by atoms with Crippen LogP contribution in [0.5, 0.6) is 0 Å². The van der Waals surface area contributed by atoms with Crippen LogP contribution in [0.1, 0.15) is 11.1 Å². The highest BCUT2D eigenvalue weighted by atomic mass is 16.6. The van der Waals surface area contributed by atoms with E-state index in [1.165, 1.54) is 5.56 Å². The fourth-order valence-electron chi connectivity index (χ4n) is 2.19. The van der Waals surface area contributed by atoms with Gasteiger partial charge in [-0.15, -0.1) is 6.58 Å². The van der Waals surface area contributed by atoms with Gasteiger partial charge in [-0.25, -0.2) is 0 Å². The summed E-state index contributed by atoms with van der Waals surface area (Å²) in [5.74, 6) is 0. The van der Waals surface area contributed by atoms with Gasteiger partial charge >= 0.3 is 0 Å². The molecular weight excluding hydrogens is 264 g/mol. The minimum atomic E-state index is -0.380. The normalized spacial score (nSPS) is 10.5. The first-order chi connectivity index (χ1) is 10.2. The van der Waals surface area contributed by atoms with Gasteiger partial charge in [0.15, 0.2) is 0 Å². The Morgan fingerprint density at radius 1 is 1.00 bits per heavy atom. The SMILES string of the molecule is C=CCN(Cc1ccccc1)Cc1ccc([N+](=O)[O-])cc1. The Bertz CT molecular complexity index is 594.